The number of rotatable bonds is 3. The Morgan fingerprint density at radius 1 is 1.07 bits per heavy atom. The summed E-state index contributed by atoms with van der Waals surface area (Å²) in [5.74, 6) is 0.467. The summed E-state index contributed by atoms with van der Waals surface area (Å²) in [7, 11) is 0. The van der Waals surface area contributed by atoms with Gasteiger partial charge in [0.2, 0.25) is 5.95 Å². The van der Waals surface area contributed by atoms with E-state index in [0.717, 1.165) is 0 Å². The van der Waals surface area contributed by atoms with Gasteiger partial charge in [0.15, 0.2) is 6.04 Å². The van der Waals surface area contributed by atoms with Crippen molar-refractivity contribution in [1.82, 2.24) is 9.55 Å². The summed E-state index contributed by atoms with van der Waals surface area (Å²) in [6, 6.07) is 5.73. The number of fused-ring (bicyclic) bond motifs is 3. The zero-order chi connectivity index (χ0) is 20.9. The number of aryl methyl sites for hydroxylation is 1. The standard InChI is InChI=1S/C19H14Cl3F3N4/c1-26-17(19(23,24)25)11-4-5-12(21)15-16(11)29-8-2-7-28(18(29)27-15)14-6-3-10(20)9-13(14)22/h3-6,9,17H,1-2,7-8H2. The summed E-state index contributed by atoms with van der Waals surface area (Å²) >= 11 is 18.6. The number of aliphatic imine (C=N–C) groups is 1. The lowest BCUT2D eigenvalue weighted by Gasteiger charge is -2.30. The summed E-state index contributed by atoms with van der Waals surface area (Å²) in [5, 5.41) is 1.17. The summed E-state index contributed by atoms with van der Waals surface area (Å²) in [5.41, 5.74) is 1.22. The van der Waals surface area contributed by atoms with Gasteiger partial charge < -0.3 is 9.47 Å². The van der Waals surface area contributed by atoms with Crippen molar-refractivity contribution in [3.63, 3.8) is 0 Å². The van der Waals surface area contributed by atoms with E-state index >= 15 is 0 Å². The van der Waals surface area contributed by atoms with Crippen LogP contribution in [0.2, 0.25) is 15.1 Å². The molecule has 0 aliphatic carbocycles. The molecule has 1 aliphatic rings. The van der Waals surface area contributed by atoms with Gasteiger partial charge in [-0.25, -0.2) is 4.98 Å². The van der Waals surface area contributed by atoms with Crippen LogP contribution in [0.1, 0.15) is 18.0 Å². The van der Waals surface area contributed by atoms with E-state index in [1.54, 1.807) is 22.8 Å². The molecule has 1 aromatic heterocycles. The highest BCUT2D eigenvalue weighted by molar-refractivity contribution is 6.36. The highest BCUT2D eigenvalue weighted by atomic mass is 35.5. The van der Waals surface area contributed by atoms with Crippen LogP contribution in [-0.4, -0.2) is 29.0 Å². The molecule has 2 heterocycles. The Morgan fingerprint density at radius 3 is 2.48 bits per heavy atom. The number of anilines is 2. The van der Waals surface area contributed by atoms with Gasteiger partial charge in [-0.15, -0.1) is 0 Å². The first-order valence-corrected chi connectivity index (χ1v) is 9.79. The van der Waals surface area contributed by atoms with Gasteiger partial charge in [-0.05, 0) is 37.4 Å². The topological polar surface area (TPSA) is 33.4 Å². The number of imidazole rings is 1. The predicted octanol–water partition coefficient (Wildman–Crippen LogP) is 6.84. The van der Waals surface area contributed by atoms with Crippen LogP contribution in [0.25, 0.3) is 11.0 Å². The molecule has 29 heavy (non-hydrogen) atoms. The molecule has 0 saturated heterocycles. The molecule has 10 heteroatoms. The van der Waals surface area contributed by atoms with Gasteiger partial charge in [0.1, 0.15) is 5.52 Å². The lowest BCUT2D eigenvalue weighted by molar-refractivity contribution is -0.148. The first-order chi connectivity index (χ1) is 13.7. The minimum atomic E-state index is -4.58. The van der Waals surface area contributed by atoms with Crippen LogP contribution in [0.3, 0.4) is 0 Å². The average Bonchev–Trinajstić information content (AvgIpc) is 3.04. The molecule has 152 valence electrons. The van der Waals surface area contributed by atoms with Crippen molar-refractivity contribution >= 4 is 64.2 Å². The summed E-state index contributed by atoms with van der Waals surface area (Å²) in [6.45, 7) is 4.22. The van der Waals surface area contributed by atoms with Crippen molar-refractivity contribution in [3.8, 4) is 0 Å². The Kier molecular flexibility index (Phi) is 5.17. The van der Waals surface area contributed by atoms with Gasteiger partial charge in [-0.2, -0.15) is 13.2 Å². The number of benzene rings is 2. The van der Waals surface area contributed by atoms with E-state index in [1.165, 1.54) is 12.1 Å². The second-order valence-electron chi connectivity index (χ2n) is 6.62. The summed E-state index contributed by atoms with van der Waals surface area (Å²) < 4.78 is 42.4. The largest absolute Gasteiger partial charge is 0.414 e. The molecule has 4 nitrogen and oxygen atoms in total. The van der Waals surface area contributed by atoms with E-state index in [0.29, 0.717) is 46.7 Å². The molecule has 0 bridgehead atoms. The molecule has 0 N–H and O–H groups in total. The number of halogens is 6. The molecule has 0 fully saturated rings. The highest BCUT2D eigenvalue weighted by Gasteiger charge is 2.42. The molecule has 0 spiro atoms. The third kappa shape index (κ3) is 3.45. The molecule has 4 rings (SSSR count). The zero-order valence-corrected chi connectivity index (χ0v) is 17.1. The van der Waals surface area contributed by atoms with Crippen LogP contribution in [0, 0.1) is 0 Å². The van der Waals surface area contributed by atoms with E-state index in [9.17, 15) is 13.2 Å². The first kappa shape index (κ1) is 20.3. The Bertz CT molecular complexity index is 1110. The SMILES string of the molecule is C=NC(c1ccc(Cl)c2nc3n(c12)CCCN3c1ccc(Cl)cc1Cl)C(F)(F)F. The minimum absolute atomic E-state index is 0.0327. The van der Waals surface area contributed by atoms with Crippen LogP contribution in [0.15, 0.2) is 35.3 Å². The predicted molar refractivity (Wildman–Crippen MR) is 111 cm³/mol. The third-order valence-corrected chi connectivity index (χ3v) is 5.69. The van der Waals surface area contributed by atoms with Gasteiger partial charge in [0.05, 0.1) is 21.2 Å². The maximum Gasteiger partial charge on any atom is 0.414 e. The van der Waals surface area contributed by atoms with Crippen molar-refractivity contribution in [3.05, 3.63) is 51.0 Å². The quantitative estimate of drug-likeness (QED) is 0.400. The zero-order valence-electron chi connectivity index (χ0n) is 14.8. The van der Waals surface area contributed by atoms with Crippen LogP contribution in [0.4, 0.5) is 24.8 Å². The van der Waals surface area contributed by atoms with Crippen molar-refractivity contribution < 1.29 is 13.2 Å². The molecular formula is C19H14Cl3F3N4. The number of alkyl halides is 3. The van der Waals surface area contributed by atoms with Crippen LogP contribution in [0.5, 0.6) is 0 Å². The lowest BCUT2D eigenvalue weighted by Crippen LogP contribution is -2.28. The second kappa shape index (κ2) is 7.38. The maximum atomic E-state index is 13.6. The van der Waals surface area contributed by atoms with Crippen LogP contribution >= 0.6 is 34.8 Å². The monoisotopic (exact) mass is 460 g/mol. The Balaban J connectivity index is 1.96. The van der Waals surface area contributed by atoms with E-state index in [4.69, 9.17) is 34.8 Å². The Labute approximate surface area is 179 Å². The summed E-state index contributed by atoms with van der Waals surface area (Å²) in [4.78, 5) is 9.75. The van der Waals surface area contributed by atoms with E-state index < -0.39 is 12.2 Å². The molecular weight excluding hydrogens is 448 g/mol. The minimum Gasteiger partial charge on any atom is -0.310 e. The highest BCUT2D eigenvalue weighted by Crippen LogP contribution is 2.44. The third-order valence-electron chi connectivity index (χ3n) is 4.85. The van der Waals surface area contributed by atoms with Crippen molar-refractivity contribution in [1.29, 1.82) is 0 Å². The van der Waals surface area contributed by atoms with Crippen molar-refractivity contribution in [2.24, 2.45) is 4.99 Å². The van der Waals surface area contributed by atoms with Gasteiger partial charge in [-0.1, -0.05) is 40.9 Å². The van der Waals surface area contributed by atoms with Crippen molar-refractivity contribution in [2.75, 3.05) is 11.4 Å². The molecule has 1 aliphatic heterocycles. The fourth-order valence-corrected chi connectivity index (χ4v) is 4.36. The molecule has 0 amide bonds. The smallest absolute Gasteiger partial charge is 0.310 e. The lowest BCUT2D eigenvalue weighted by atomic mass is 10.0. The second-order valence-corrected chi connectivity index (χ2v) is 7.88. The number of nitrogens with zero attached hydrogens (tertiary/aromatic N) is 4. The number of hydrogen-bond acceptors (Lipinski definition) is 3. The summed E-state index contributed by atoms with van der Waals surface area (Å²) in [6.07, 6.45) is -3.90. The first-order valence-electron chi connectivity index (χ1n) is 8.66. The van der Waals surface area contributed by atoms with E-state index in [-0.39, 0.29) is 16.1 Å². The van der Waals surface area contributed by atoms with Crippen LogP contribution < -0.4 is 4.90 Å². The van der Waals surface area contributed by atoms with Gasteiger partial charge in [0, 0.05) is 23.7 Å². The van der Waals surface area contributed by atoms with Gasteiger partial charge in [-0.3, -0.25) is 4.99 Å². The van der Waals surface area contributed by atoms with Crippen LogP contribution in [-0.2, 0) is 6.54 Å². The Morgan fingerprint density at radius 2 is 1.83 bits per heavy atom. The average molecular weight is 462 g/mol. The molecule has 0 saturated carbocycles. The van der Waals surface area contributed by atoms with Crippen molar-refractivity contribution in [2.45, 2.75) is 25.2 Å². The fourth-order valence-electron chi connectivity index (χ4n) is 3.65. The molecule has 3 aromatic rings. The van der Waals surface area contributed by atoms with E-state index in [2.05, 4.69) is 16.7 Å². The molecule has 0 radical (unpaired) electrons. The van der Waals surface area contributed by atoms with Gasteiger partial charge in [0.25, 0.3) is 0 Å². The maximum absolute atomic E-state index is 13.6. The molecule has 1 unspecified atom stereocenters. The molecule has 1 atom stereocenters. The normalized spacial score (nSPS) is 15.4. The Hall–Kier alpha value is -1.96. The number of hydrogen-bond donors (Lipinski definition) is 0. The van der Waals surface area contributed by atoms with Gasteiger partial charge >= 0.3 is 6.18 Å². The molecule has 2 aromatic carbocycles. The fraction of sp³-hybridized carbons (Fsp3) is 0.263. The number of aromatic nitrogens is 2. The van der Waals surface area contributed by atoms with E-state index in [1.807, 2.05) is 4.90 Å².